The zero-order valence-electron chi connectivity index (χ0n) is 10.1. The maximum atomic E-state index is 13.2. The molecule has 1 N–H and O–H groups in total. The molecule has 0 unspecified atom stereocenters. The van der Waals surface area contributed by atoms with Crippen molar-refractivity contribution in [1.82, 2.24) is 9.97 Å². The maximum absolute atomic E-state index is 13.2. The van der Waals surface area contributed by atoms with Crippen molar-refractivity contribution >= 4 is 15.9 Å². The van der Waals surface area contributed by atoms with Gasteiger partial charge < -0.3 is 4.98 Å². The van der Waals surface area contributed by atoms with E-state index in [4.69, 9.17) is 0 Å². The fourth-order valence-electron chi connectivity index (χ4n) is 1.69. The molecule has 3 nitrogen and oxygen atoms in total. The summed E-state index contributed by atoms with van der Waals surface area (Å²) in [7, 11) is 0. The third-order valence-corrected chi connectivity index (χ3v) is 3.43. The van der Waals surface area contributed by atoms with Crippen molar-refractivity contribution in [3.05, 3.63) is 50.4 Å². The molecule has 2 rings (SSSR count). The molecule has 0 fully saturated rings. The summed E-state index contributed by atoms with van der Waals surface area (Å²) in [6.07, 6.45) is 1.45. The number of aryl methyl sites for hydroxylation is 1. The quantitative estimate of drug-likeness (QED) is 0.938. The third-order valence-electron chi connectivity index (χ3n) is 2.61. The Kier molecular flexibility index (Phi) is 4.09. The summed E-state index contributed by atoms with van der Waals surface area (Å²) in [5, 5.41) is 0. The average Bonchev–Trinajstić information content (AvgIpc) is 2.38. The highest BCUT2D eigenvalue weighted by atomic mass is 79.9. The Balaban J connectivity index is 2.56. The summed E-state index contributed by atoms with van der Waals surface area (Å²) in [5.41, 5.74) is 0.602. The second kappa shape index (κ2) is 5.61. The highest BCUT2D eigenvalue weighted by Gasteiger charge is 2.11. The van der Waals surface area contributed by atoms with Crippen LogP contribution in [0.2, 0.25) is 0 Å². The number of nitrogens with zero attached hydrogens (tertiary/aromatic N) is 1. The van der Waals surface area contributed by atoms with Gasteiger partial charge in [0.25, 0.3) is 5.56 Å². The minimum Gasteiger partial charge on any atom is -0.306 e. The van der Waals surface area contributed by atoms with Gasteiger partial charge in [0.05, 0.1) is 5.69 Å². The van der Waals surface area contributed by atoms with Crippen LogP contribution in [0, 0.1) is 11.6 Å². The van der Waals surface area contributed by atoms with Gasteiger partial charge in [0, 0.05) is 5.56 Å². The summed E-state index contributed by atoms with van der Waals surface area (Å²) in [5.74, 6) is -1.67. The van der Waals surface area contributed by atoms with Crippen LogP contribution in [0.5, 0.6) is 0 Å². The van der Waals surface area contributed by atoms with Crippen LogP contribution in [-0.4, -0.2) is 9.97 Å². The van der Waals surface area contributed by atoms with Gasteiger partial charge in [0.1, 0.15) is 10.3 Å². The van der Waals surface area contributed by atoms with Gasteiger partial charge in [-0.15, -0.1) is 0 Å². The summed E-state index contributed by atoms with van der Waals surface area (Å²) in [6, 6.07) is 3.39. The first-order valence-electron chi connectivity index (χ1n) is 5.77. The fourth-order valence-corrected chi connectivity index (χ4v) is 2.07. The highest BCUT2D eigenvalue weighted by Crippen LogP contribution is 2.20. The third kappa shape index (κ3) is 2.89. The normalized spacial score (nSPS) is 10.7. The zero-order valence-corrected chi connectivity index (χ0v) is 11.7. The first-order valence-corrected chi connectivity index (χ1v) is 6.56. The molecular formula is C13H11BrF2N2O. The topological polar surface area (TPSA) is 45.8 Å². The van der Waals surface area contributed by atoms with E-state index in [0.29, 0.717) is 22.2 Å². The second-order valence-corrected chi connectivity index (χ2v) is 4.85. The largest absolute Gasteiger partial charge is 0.306 e. The molecule has 0 aliphatic carbocycles. The average molecular weight is 329 g/mol. The Bertz CT molecular complexity index is 670. The van der Waals surface area contributed by atoms with E-state index in [9.17, 15) is 13.6 Å². The zero-order chi connectivity index (χ0) is 14.0. The van der Waals surface area contributed by atoms with E-state index in [1.165, 1.54) is 6.07 Å². The van der Waals surface area contributed by atoms with Gasteiger partial charge in [0.15, 0.2) is 11.6 Å². The molecular weight excluding hydrogens is 318 g/mol. The van der Waals surface area contributed by atoms with E-state index < -0.39 is 11.6 Å². The molecule has 2 aromatic rings. The molecule has 1 aromatic heterocycles. The Morgan fingerprint density at radius 2 is 2.05 bits per heavy atom. The Labute approximate surface area is 116 Å². The number of H-pyrrole nitrogens is 1. The van der Waals surface area contributed by atoms with Crippen molar-refractivity contribution < 1.29 is 8.78 Å². The molecule has 19 heavy (non-hydrogen) atoms. The number of nitrogens with one attached hydrogen (secondary N) is 1. The van der Waals surface area contributed by atoms with Crippen LogP contribution in [0.3, 0.4) is 0 Å². The lowest BCUT2D eigenvalue weighted by atomic mass is 10.2. The minimum absolute atomic E-state index is 0.232. The molecule has 0 aliphatic rings. The molecule has 0 aliphatic heterocycles. The van der Waals surface area contributed by atoms with E-state index in [2.05, 4.69) is 25.9 Å². The van der Waals surface area contributed by atoms with Crippen molar-refractivity contribution in [1.29, 1.82) is 0 Å². The molecule has 0 saturated heterocycles. The number of aromatic amines is 1. The predicted octanol–water partition coefficient (Wildman–Crippen LogP) is 3.43. The number of hydrogen-bond donors (Lipinski definition) is 1. The van der Waals surface area contributed by atoms with Crippen LogP contribution in [0.25, 0.3) is 11.4 Å². The Morgan fingerprint density at radius 3 is 2.68 bits per heavy atom. The van der Waals surface area contributed by atoms with E-state index in [-0.39, 0.29) is 11.4 Å². The summed E-state index contributed by atoms with van der Waals surface area (Å²) in [4.78, 5) is 18.6. The molecule has 0 spiro atoms. The fraction of sp³-hybridized carbons (Fsp3) is 0.231. The van der Waals surface area contributed by atoms with Gasteiger partial charge in [-0.05, 0) is 40.5 Å². The van der Waals surface area contributed by atoms with Crippen LogP contribution in [0.1, 0.15) is 19.0 Å². The number of rotatable bonds is 3. The highest BCUT2D eigenvalue weighted by molar-refractivity contribution is 9.10. The van der Waals surface area contributed by atoms with E-state index in [1.54, 1.807) is 0 Å². The molecule has 6 heteroatoms. The van der Waals surface area contributed by atoms with Crippen molar-refractivity contribution in [2.24, 2.45) is 0 Å². The van der Waals surface area contributed by atoms with Crippen LogP contribution in [0.4, 0.5) is 8.78 Å². The van der Waals surface area contributed by atoms with Gasteiger partial charge in [-0.1, -0.05) is 13.3 Å². The first kappa shape index (κ1) is 13.9. The minimum atomic E-state index is -0.972. The van der Waals surface area contributed by atoms with E-state index in [1.807, 2.05) is 6.92 Å². The molecule has 1 heterocycles. The van der Waals surface area contributed by atoms with Crippen LogP contribution in [-0.2, 0) is 6.42 Å². The molecule has 0 atom stereocenters. The SMILES string of the molecule is CCCc1nc(-c2ccc(F)c(F)c2)[nH]c(=O)c1Br. The smallest absolute Gasteiger partial charge is 0.265 e. The molecule has 0 amide bonds. The lowest BCUT2D eigenvalue weighted by molar-refractivity contribution is 0.509. The lowest BCUT2D eigenvalue weighted by Crippen LogP contribution is -2.13. The molecule has 1 aromatic carbocycles. The summed E-state index contributed by atoms with van der Waals surface area (Å²) < 4.78 is 26.4. The molecule has 0 saturated carbocycles. The standard InChI is InChI=1S/C13H11BrF2N2O/c1-2-3-10-11(14)13(19)18-12(17-10)7-4-5-8(15)9(16)6-7/h4-6H,2-3H2,1H3,(H,17,18,19). The van der Waals surface area contributed by atoms with E-state index >= 15 is 0 Å². The number of aromatic nitrogens is 2. The molecule has 100 valence electrons. The number of hydrogen-bond acceptors (Lipinski definition) is 2. The monoisotopic (exact) mass is 328 g/mol. The molecule has 0 radical (unpaired) electrons. The van der Waals surface area contributed by atoms with Gasteiger partial charge in [-0.2, -0.15) is 0 Å². The Morgan fingerprint density at radius 1 is 1.32 bits per heavy atom. The van der Waals surface area contributed by atoms with Gasteiger partial charge in [0.2, 0.25) is 0 Å². The van der Waals surface area contributed by atoms with E-state index in [0.717, 1.165) is 18.6 Å². The van der Waals surface area contributed by atoms with Gasteiger partial charge in [-0.3, -0.25) is 4.79 Å². The van der Waals surface area contributed by atoms with Gasteiger partial charge >= 0.3 is 0 Å². The summed E-state index contributed by atoms with van der Waals surface area (Å²) >= 11 is 3.17. The second-order valence-electron chi connectivity index (χ2n) is 4.05. The van der Waals surface area contributed by atoms with Crippen molar-refractivity contribution in [3.63, 3.8) is 0 Å². The van der Waals surface area contributed by atoms with Crippen LogP contribution in [0.15, 0.2) is 27.5 Å². The van der Waals surface area contributed by atoms with Gasteiger partial charge in [-0.25, -0.2) is 13.8 Å². The van der Waals surface area contributed by atoms with Crippen molar-refractivity contribution in [2.75, 3.05) is 0 Å². The van der Waals surface area contributed by atoms with Crippen molar-refractivity contribution in [2.45, 2.75) is 19.8 Å². The maximum Gasteiger partial charge on any atom is 0.265 e. The summed E-state index contributed by atoms with van der Waals surface area (Å²) in [6.45, 7) is 1.96. The number of halogens is 3. The Hall–Kier alpha value is -1.56. The predicted molar refractivity (Wildman–Crippen MR) is 71.9 cm³/mol. The molecule has 0 bridgehead atoms. The number of benzene rings is 1. The van der Waals surface area contributed by atoms with Crippen molar-refractivity contribution in [3.8, 4) is 11.4 Å². The lowest BCUT2D eigenvalue weighted by Gasteiger charge is -2.06. The first-order chi connectivity index (χ1) is 9.02. The van der Waals surface area contributed by atoms with Crippen LogP contribution < -0.4 is 5.56 Å². The van der Waals surface area contributed by atoms with Crippen LogP contribution >= 0.6 is 15.9 Å².